The van der Waals surface area contributed by atoms with Crippen molar-refractivity contribution < 1.29 is 33.4 Å². The van der Waals surface area contributed by atoms with E-state index < -0.39 is 22.9 Å². The van der Waals surface area contributed by atoms with Gasteiger partial charge in [0.2, 0.25) is 23.6 Å². The second kappa shape index (κ2) is 14.0. The van der Waals surface area contributed by atoms with E-state index in [0.29, 0.717) is 39.1 Å². The summed E-state index contributed by atoms with van der Waals surface area (Å²) in [5.41, 5.74) is 0.123. The molecule has 4 amide bonds. The highest BCUT2D eigenvalue weighted by Gasteiger charge is 2.60. The van der Waals surface area contributed by atoms with Crippen LogP contribution in [0.5, 0.6) is 5.75 Å². The molecule has 4 atom stereocenters. The Hall–Kier alpha value is -3.24. The standard InChI is InChI=1S/C33H47N3O7/c1-22-8-10-23(11-9-22)41-20-7-6-17-35-31(40)32(2,3)16-21-42-33(4,5)15-18-34-26(37)14-19-36-29(38)27-24-12-13-25(43-24)28(27)30(36)39/h8-13,24-25,27-28H,6-7,14-21H2,1-5H3,(H,34,37)(H,35,40). The second-order valence-electron chi connectivity index (χ2n) is 13.0. The fourth-order valence-electron chi connectivity index (χ4n) is 5.65. The molecule has 3 aliphatic heterocycles. The zero-order valence-corrected chi connectivity index (χ0v) is 26.1. The number of imide groups is 1. The van der Waals surface area contributed by atoms with Crippen LogP contribution < -0.4 is 15.4 Å². The van der Waals surface area contributed by atoms with Crippen molar-refractivity contribution in [2.75, 3.05) is 32.8 Å². The number of likely N-dealkylation sites (tertiary alicyclic amines) is 1. The van der Waals surface area contributed by atoms with Gasteiger partial charge in [0.25, 0.3) is 0 Å². The van der Waals surface area contributed by atoms with E-state index in [1.807, 2.05) is 71.0 Å². The molecule has 1 aromatic rings. The first-order valence-electron chi connectivity index (χ1n) is 15.5. The van der Waals surface area contributed by atoms with E-state index in [2.05, 4.69) is 10.6 Å². The number of rotatable bonds is 17. The van der Waals surface area contributed by atoms with Crippen molar-refractivity contribution in [1.82, 2.24) is 15.5 Å². The summed E-state index contributed by atoms with van der Waals surface area (Å²) in [5, 5.41) is 5.90. The van der Waals surface area contributed by atoms with Crippen LogP contribution in [0.15, 0.2) is 36.4 Å². The highest BCUT2D eigenvalue weighted by molar-refractivity contribution is 6.07. The molecule has 0 aromatic heterocycles. The van der Waals surface area contributed by atoms with Crippen LogP contribution in [0.3, 0.4) is 0 Å². The molecule has 3 heterocycles. The second-order valence-corrected chi connectivity index (χ2v) is 13.0. The quantitative estimate of drug-likeness (QED) is 0.160. The summed E-state index contributed by atoms with van der Waals surface area (Å²) >= 11 is 0. The van der Waals surface area contributed by atoms with Gasteiger partial charge in [0.05, 0.1) is 36.3 Å². The fourth-order valence-corrected chi connectivity index (χ4v) is 5.65. The van der Waals surface area contributed by atoms with Crippen LogP contribution in [-0.2, 0) is 28.7 Å². The molecule has 10 heteroatoms. The van der Waals surface area contributed by atoms with E-state index in [-0.39, 0.29) is 48.8 Å². The minimum absolute atomic E-state index is 0.00402. The molecule has 0 saturated carbocycles. The molecular formula is C33H47N3O7. The Morgan fingerprint density at radius 3 is 2.19 bits per heavy atom. The average molecular weight is 598 g/mol. The smallest absolute Gasteiger partial charge is 0.236 e. The number of amides is 4. The summed E-state index contributed by atoms with van der Waals surface area (Å²) in [7, 11) is 0. The van der Waals surface area contributed by atoms with Gasteiger partial charge in [0.1, 0.15) is 5.75 Å². The minimum Gasteiger partial charge on any atom is -0.494 e. The number of hydrogen-bond donors (Lipinski definition) is 2. The van der Waals surface area contributed by atoms with E-state index >= 15 is 0 Å². The molecular weight excluding hydrogens is 550 g/mol. The Bertz CT molecular complexity index is 1160. The lowest BCUT2D eigenvalue weighted by molar-refractivity contribution is -0.142. The third kappa shape index (κ3) is 8.44. The summed E-state index contributed by atoms with van der Waals surface area (Å²) in [4.78, 5) is 51.8. The van der Waals surface area contributed by atoms with Crippen molar-refractivity contribution >= 4 is 23.6 Å². The molecule has 3 aliphatic rings. The van der Waals surface area contributed by atoms with E-state index in [4.69, 9.17) is 14.2 Å². The lowest BCUT2D eigenvalue weighted by atomic mass is 9.85. The van der Waals surface area contributed by atoms with Crippen LogP contribution in [0, 0.1) is 24.2 Å². The third-order valence-corrected chi connectivity index (χ3v) is 8.59. The molecule has 236 valence electrons. The Labute approximate surface area is 254 Å². The topological polar surface area (TPSA) is 123 Å². The average Bonchev–Trinajstić information content (AvgIpc) is 3.63. The van der Waals surface area contributed by atoms with Crippen molar-refractivity contribution in [3.05, 3.63) is 42.0 Å². The van der Waals surface area contributed by atoms with Crippen LogP contribution in [0.2, 0.25) is 0 Å². The summed E-state index contributed by atoms with van der Waals surface area (Å²) in [6, 6.07) is 7.97. The summed E-state index contributed by atoms with van der Waals surface area (Å²) in [6.07, 6.45) is 5.93. The minimum atomic E-state index is -0.576. The number of carbonyl (C=O) groups excluding carboxylic acids is 4. The Morgan fingerprint density at radius 1 is 0.884 bits per heavy atom. The van der Waals surface area contributed by atoms with Crippen molar-refractivity contribution in [2.45, 2.75) is 84.5 Å². The first-order valence-corrected chi connectivity index (χ1v) is 15.5. The molecule has 43 heavy (non-hydrogen) atoms. The molecule has 4 rings (SSSR count). The normalized spacial score (nSPS) is 22.7. The molecule has 4 unspecified atom stereocenters. The van der Waals surface area contributed by atoms with Gasteiger partial charge in [0.15, 0.2) is 0 Å². The monoisotopic (exact) mass is 597 g/mol. The van der Waals surface area contributed by atoms with Gasteiger partial charge in [-0.2, -0.15) is 0 Å². The molecule has 10 nitrogen and oxygen atoms in total. The summed E-state index contributed by atoms with van der Waals surface area (Å²) in [5.74, 6) is -0.746. The van der Waals surface area contributed by atoms with Gasteiger partial charge in [0, 0.05) is 38.1 Å². The van der Waals surface area contributed by atoms with Gasteiger partial charge in [-0.15, -0.1) is 0 Å². The number of unbranched alkanes of at least 4 members (excludes halogenated alkanes) is 1. The molecule has 1 aromatic carbocycles. The lowest BCUT2D eigenvalue weighted by Crippen LogP contribution is -2.40. The predicted molar refractivity (Wildman–Crippen MR) is 161 cm³/mol. The number of nitrogens with one attached hydrogen (secondary N) is 2. The highest BCUT2D eigenvalue weighted by atomic mass is 16.5. The number of carbonyl (C=O) groups is 4. The maximum absolute atomic E-state index is 12.7. The zero-order valence-electron chi connectivity index (χ0n) is 26.1. The van der Waals surface area contributed by atoms with Crippen molar-refractivity contribution in [1.29, 1.82) is 0 Å². The van der Waals surface area contributed by atoms with Crippen molar-refractivity contribution in [3.8, 4) is 5.75 Å². The van der Waals surface area contributed by atoms with E-state index in [0.717, 1.165) is 18.6 Å². The van der Waals surface area contributed by atoms with Crippen LogP contribution in [0.1, 0.15) is 65.4 Å². The van der Waals surface area contributed by atoms with Crippen molar-refractivity contribution in [3.63, 3.8) is 0 Å². The zero-order chi connectivity index (χ0) is 31.2. The van der Waals surface area contributed by atoms with Crippen LogP contribution in [0.25, 0.3) is 0 Å². The van der Waals surface area contributed by atoms with Gasteiger partial charge in [-0.3, -0.25) is 24.1 Å². The molecule has 2 bridgehead atoms. The van der Waals surface area contributed by atoms with Gasteiger partial charge >= 0.3 is 0 Å². The molecule has 2 saturated heterocycles. The van der Waals surface area contributed by atoms with E-state index in [9.17, 15) is 19.2 Å². The van der Waals surface area contributed by atoms with E-state index in [1.165, 1.54) is 10.5 Å². The van der Waals surface area contributed by atoms with Crippen LogP contribution >= 0.6 is 0 Å². The van der Waals surface area contributed by atoms with Crippen LogP contribution in [0.4, 0.5) is 0 Å². The van der Waals surface area contributed by atoms with Gasteiger partial charge < -0.3 is 24.8 Å². The van der Waals surface area contributed by atoms with E-state index in [1.54, 1.807) is 0 Å². The number of benzene rings is 1. The predicted octanol–water partition coefficient (Wildman–Crippen LogP) is 3.32. The maximum Gasteiger partial charge on any atom is 0.236 e. The summed E-state index contributed by atoms with van der Waals surface area (Å²) in [6.45, 7) is 11.9. The molecule has 2 N–H and O–H groups in total. The Kier molecular flexibility index (Phi) is 10.7. The molecule has 0 spiro atoms. The van der Waals surface area contributed by atoms with Crippen molar-refractivity contribution in [2.24, 2.45) is 17.3 Å². The largest absolute Gasteiger partial charge is 0.494 e. The molecule has 0 radical (unpaired) electrons. The fraction of sp³-hybridized carbons (Fsp3) is 0.636. The maximum atomic E-state index is 12.7. The van der Waals surface area contributed by atoms with Gasteiger partial charge in [-0.25, -0.2) is 0 Å². The number of fused-ring (bicyclic) bond motifs is 5. The van der Waals surface area contributed by atoms with Gasteiger partial charge in [-0.05, 0) is 58.6 Å². The first kappa shape index (κ1) is 32.7. The molecule has 2 fully saturated rings. The number of ether oxygens (including phenoxy) is 3. The molecule has 0 aliphatic carbocycles. The van der Waals surface area contributed by atoms with Crippen LogP contribution in [-0.4, -0.2) is 79.2 Å². The third-order valence-electron chi connectivity index (χ3n) is 8.59. The summed E-state index contributed by atoms with van der Waals surface area (Å²) < 4.78 is 17.5. The number of nitrogens with zero attached hydrogens (tertiary/aromatic N) is 1. The first-order chi connectivity index (χ1) is 20.4. The van der Waals surface area contributed by atoms with Gasteiger partial charge in [-0.1, -0.05) is 43.7 Å². The number of hydrogen-bond acceptors (Lipinski definition) is 7. The Balaban J connectivity index is 1.05. The highest BCUT2D eigenvalue weighted by Crippen LogP contribution is 2.45. The lowest BCUT2D eigenvalue weighted by Gasteiger charge is -2.29. The Morgan fingerprint density at radius 2 is 1.53 bits per heavy atom. The number of aryl methyl sites for hydroxylation is 1. The SMILES string of the molecule is Cc1ccc(OCCCCNC(=O)C(C)(C)CCOC(C)(C)CCNC(=O)CCN2C(=O)C3C4C=CC(O4)C3C2=O)cc1.